The number of hydrogen-bond donors (Lipinski definition) is 2. The smallest absolute Gasteiger partial charge is 0.330 e. The number of benzene rings is 1. The molecule has 0 aliphatic carbocycles. The van der Waals surface area contributed by atoms with Crippen molar-refractivity contribution in [2.24, 2.45) is 7.05 Å². The van der Waals surface area contributed by atoms with Gasteiger partial charge in [0.2, 0.25) is 16.0 Å². The molecule has 1 aromatic carbocycles. The van der Waals surface area contributed by atoms with E-state index in [9.17, 15) is 13.2 Å². The van der Waals surface area contributed by atoms with E-state index < -0.39 is 15.8 Å². The predicted octanol–water partition coefficient (Wildman–Crippen LogP) is 0.780. The molecule has 3 N–H and O–H groups in total. The molecule has 14 nitrogen and oxygen atoms in total. The largest absolute Gasteiger partial charge is 0.463 e. The molecule has 44 heavy (non-hydrogen) atoms. The fourth-order valence-corrected chi connectivity index (χ4v) is 7.52. The van der Waals surface area contributed by atoms with Gasteiger partial charge in [-0.25, -0.2) is 17.6 Å². The number of nitrogens with two attached hydrogens (primary N) is 1. The number of aromatic nitrogens is 5. The zero-order chi connectivity index (χ0) is 30.6. The van der Waals surface area contributed by atoms with E-state index in [0.29, 0.717) is 99.3 Å². The van der Waals surface area contributed by atoms with E-state index in [-0.39, 0.29) is 16.5 Å². The Morgan fingerprint density at radius 1 is 1.05 bits per heavy atom. The number of hydrogen-bond acceptors (Lipinski definition) is 10. The van der Waals surface area contributed by atoms with Crippen LogP contribution >= 0.6 is 0 Å². The lowest BCUT2D eigenvalue weighted by atomic mass is 10.2. The van der Waals surface area contributed by atoms with Gasteiger partial charge in [0.25, 0.3) is 0 Å². The molecule has 232 valence electrons. The molecule has 0 spiro atoms. The van der Waals surface area contributed by atoms with Crippen molar-refractivity contribution < 1.29 is 17.2 Å². The van der Waals surface area contributed by atoms with Gasteiger partial charge in [-0.3, -0.25) is 14.0 Å². The summed E-state index contributed by atoms with van der Waals surface area (Å²) in [6.45, 7) is 5.27. The van der Waals surface area contributed by atoms with E-state index >= 15 is 4.39 Å². The van der Waals surface area contributed by atoms with Crippen LogP contribution in [0.2, 0.25) is 0 Å². The highest BCUT2D eigenvalue weighted by Gasteiger charge is 2.28. The Kier molecular flexibility index (Phi) is 7.15. The first kappa shape index (κ1) is 28.5. The van der Waals surface area contributed by atoms with Crippen molar-refractivity contribution in [3.8, 4) is 11.5 Å². The van der Waals surface area contributed by atoms with Crippen LogP contribution in [0.25, 0.3) is 28.1 Å². The Balaban J connectivity index is 1.05. The van der Waals surface area contributed by atoms with Gasteiger partial charge in [-0.2, -0.15) is 18.9 Å². The second-order valence-electron chi connectivity index (χ2n) is 11.0. The van der Waals surface area contributed by atoms with E-state index in [4.69, 9.17) is 10.2 Å². The van der Waals surface area contributed by atoms with Crippen molar-refractivity contribution in [1.29, 1.82) is 0 Å². The molecular weight excluding hydrogens is 591 g/mol. The monoisotopic (exact) mass is 624 g/mol. The fourth-order valence-electron chi connectivity index (χ4n) is 6.06. The van der Waals surface area contributed by atoms with Crippen LogP contribution in [0.5, 0.6) is 0 Å². The molecule has 2 fully saturated rings. The van der Waals surface area contributed by atoms with Gasteiger partial charge < -0.3 is 20.4 Å². The maximum Gasteiger partial charge on any atom is 0.330 e. The van der Waals surface area contributed by atoms with Crippen LogP contribution in [0.3, 0.4) is 0 Å². The average molecular weight is 625 g/mol. The second-order valence-corrected chi connectivity index (χ2v) is 13.0. The summed E-state index contributed by atoms with van der Waals surface area (Å²) in [6, 6.07) is 9.57. The molecule has 2 aliphatic rings. The molecule has 0 unspecified atom stereocenters. The Hall–Kier alpha value is -4.25. The molecule has 2 saturated heterocycles. The van der Waals surface area contributed by atoms with Gasteiger partial charge in [0.05, 0.1) is 22.4 Å². The van der Waals surface area contributed by atoms with E-state index in [0.717, 1.165) is 6.07 Å². The Bertz CT molecular complexity index is 2000. The normalized spacial score (nSPS) is 17.3. The van der Waals surface area contributed by atoms with Gasteiger partial charge >= 0.3 is 5.69 Å². The quantitative estimate of drug-likeness (QED) is 0.266. The summed E-state index contributed by atoms with van der Waals surface area (Å²) in [5, 5.41) is 7.64. The minimum Gasteiger partial charge on any atom is -0.463 e. The van der Waals surface area contributed by atoms with E-state index in [1.807, 2.05) is 11.0 Å². The van der Waals surface area contributed by atoms with Gasteiger partial charge in [-0.15, -0.1) is 0 Å². The molecule has 0 atom stereocenters. The third-order valence-electron chi connectivity index (χ3n) is 8.47. The number of nitrogen functional groups attached to an aromatic ring is 1. The van der Waals surface area contributed by atoms with Gasteiger partial charge in [-0.1, -0.05) is 0 Å². The molecule has 0 radical (unpaired) electrons. The molecule has 4 aromatic heterocycles. The maximum atomic E-state index is 15.2. The van der Waals surface area contributed by atoms with Crippen LogP contribution in [-0.4, -0.2) is 100 Å². The summed E-state index contributed by atoms with van der Waals surface area (Å²) in [4.78, 5) is 21.9. The lowest BCUT2D eigenvalue weighted by Gasteiger charge is -2.36. The van der Waals surface area contributed by atoms with Gasteiger partial charge in [0.1, 0.15) is 17.0 Å². The maximum absolute atomic E-state index is 15.2. The molecule has 5 aromatic rings. The van der Waals surface area contributed by atoms with Crippen molar-refractivity contribution in [3.63, 3.8) is 0 Å². The highest BCUT2D eigenvalue weighted by Crippen LogP contribution is 2.27. The average Bonchev–Trinajstić information content (AvgIpc) is 3.77. The minimum atomic E-state index is -3.74. The Morgan fingerprint density at radius 2 is 1.82 bits per heavy atom. The standard InChI is InChI=1S/C28H33FN10O4S/c1-34-25-23-18-21(24-3-2-16-43-24)33-39(23)27(30)32-26(25)38(28(34)40)15-12-35-10-13-36(14-11-35)22-5-4-19(17-20(22)29)44(41,42)37-8-6-31-7-9-37/h2-5,16-18,31H,6-15H2,1H3,(H2,30,32). The molecule has 0 saturated carbocycles. The van der Waals surface area contributed by atoms with Crippen LogP contribution < -0.4 is 21.6 Å². The lowest BCUT2D eigenvalue weighted by Crippen LogP contribution is -2.48. The van der Waals surface area contributed by atoms with Crippen molar-refractivity contribution >= 4 is 38.3 Å². The second kappa shape index (κ2) is 11.0. The number of nitrogens with zero attached hydrogens (tertiary/aromatic N) is 8. The molecule has 2 aliphatic heterocycles. The lowest BCUT2D eigenvalue weighted by molar-refractivity contribution is 0.247. The Morgan fingerprint density at radius 3 is 2.52 bits per heavy atom. The summed E-state index contributed by atoms with van der Waals surface area (Å²) < 4.78 is 52.7. The number of nitrogens with one attached hydrogen (secondary N) is 1. The van der Waals surface area contributed by atoms with Crippen LogP contribution in [0.1, 0.15) is 0 Å². The van der Waals surface area contributed by atoms with E-state index in [1.54, 1.807) is 40.6 Å². The molecular formula is C28H33FN10O4S. The Labute approximate surface area is 252 Å². The first-order valence-electron chi connectivity index (χ1n) is 14.5. The number of rotatable bonds is 7. The van der Waals surface area contributed by atoms with Crippen molar-refractivity contribution in [1.82, 2.24) is 38.3 Å². The predicted molar refractivity (Wildman–Crippen MR) is 163 cm³/mol. The summed E-state index contributed by atoms with van der Waals surface area (Å²) in [5.41, 5.74) is 8.77. The van der Waals surface area contributed by atoms with Crippen LogP contribution in [0, 0.1) is 5.82 Å². The molecule has 16 heteroatoms. The number of sulfonamides is 1. The van der Waals surface area contributed by atoms with Crippen LogP contribution in [-0.2, 0) is 23.6 Å². The number of piperazine rings is 2. The first-order valence-corrected chi connectivity index (χ1v) is 15.9. The third kappa shape index (κ3) is 4.83. The topological polar surface area (TPSA) is 152 Å². The van der Waals surface area contributed by atoms with Gasteiger partial charge in [0, 0.05) is 72.5 Å². The van der Waals surface area contributed by atoms with Crippen molar-refractivity contribution in [3.05, 3.63) is 59.0 Å². The number of imidazole rings is 1. The summed E-state index contributed by atoms with van der Waals surface area (Å²) >= 11 is 0. The van der Waals surface area contributed by atoms with Crippen molar-refractivity contribution in [2.45, 2.75) is 11.4 Å². The molecule has 7 rings (SSSR count). The number of halogens is 1. The summed E-state index contributed by atoms with van der Waals surface area (Å²) in [6.07, 6.45) is 1.57. The molecule has 0 bridgehead atoms. The van der Waals surface area contributed by atoms with E-state index in [1.165, 1.54) is 14.9 Å². The van der Waals surface area contributed by atoms with Crippen molar-refractivity contribution in [2.75, 3.05) is 69.5 Å². The van der Waals surface area contributed by atoms with Crippen LogP contribution in [0.15, 0.2) is 56.8 Å². The zero-order valence-electron chi connectivity index (χ0n) is 24.2. The molecule has 6 heterocycles. The SMILES string of the molecule is Cn1c(=O)n(CCN2CCN(c3ccc(S(=O)(=O)N4CCNCC4)cc3F)CC2)c2nc(N)n3nc(-c4ccco4)cc3c21. The number of anilines is 2. The molecule has 0 amide bonds. The van der Waals surface area contributed by atoms with Gasteiger partial charge in [-0.05, 0) is 36.4 Å². The fraction of sp³-hybridized carbons (Fsp3) is 0.393. The minimum absolute atomic E-state index is 0.0283. The highest BCUT2D eigenvalue weighted by atomic mass is 32.2. The third-order valence-corrected chi connectivity index (χ3v) is 10.4. The van der Waals surface area contributed by atoms with Gasteiger partial charge in [0.15, 0.2) is 11.4 Å². The first-order chi connectivity index (χ1) is 21.2. The number of aryl methyl sites for hydroxylation is 1. The summed E-state index contributed by atoms with van der Waals surface area (Å²) in [5.74, 6) is 0.190. The zero-order valence-corrected chi connectivity index (χ0v) is 25.0. The highest BCUT2D eigenvalue weighted by molar-refractivity contribution is 7.89. The number of furan rings is 1. The number of fused-ring (bicyclic) bond motifs is 3. The van der Waals surface area contributed by atoms with E-state index in [2.05, 4.69) is 20.3 Å². The summed E-state index contributed by atoms with van der Waals surface area (Å²) in [7, 11) is -2.04. The van der Waals surface area contributed by atoms with Crippen LogP contribution in [0.4, 0.5) is 16.0 Å².